The summed E-state index contributed by atoms with van der Waals surface area (Å²) in [6, 6.07) is 21.2. The molecule has 6 rings (SSSR count). The zero-order valence-corrected chi connectivity index (χ0v) is 22.8. The van der Waals surface area contributed by atoms with Gasteiger partial charge in [-0.1, -0.05) is 30.3 Å². The number of allylic oxidation sites excluding steroid dienone is 2. The third-order valence-electron chi connectivity index (χ3n) is 7.13. The topological polar surface area (TPSA) is 139 Å². The average molecular weight is 571 g/mol. The molecule has 1 aromatic heterocycles. The van der Waals surface area contributed by atoms with Gasteiger partial charge in [-0.05, 0) is 66.9 Å². The van der Waals surface area contributed by atoms with Gasteiger partial charge in [0.05, 0.1) is 11.3 Å². The van der Waals surface area contributed by atoms with E-state index in [1.807, 2.05) is 30.3 Å². The van der Waals surface area contributed by atoms with Crippen molar-refractivity contribution in [2.75, 3.05) is 10.6 Å². The molecule has 0 saturated carbocycles. The number of hydrogen-bond donors (Lipinski definition) is 3. The molecule has 0 saturated heterocycles. The van der Waals surface area contributed by atoms with E-state index < -0.39 is 16.0 Å². The summed E-state index contributed by atoms with van der Waals surface area (Å²) in [5.41, 5.74) is 3.27. The number of H-pyrrole nitrogens is 1. The molecule has 1 unspecified atom stereocenters. The first-order valence-corrected chi connectivity index (χ1v) is 14.5. The molecule has 1 amide bonds. The largest absolute Gasteiger partial charge is 0.379 e. The predicted octanol–water partition coefficient (Wildman–Crippen LogP) is 4.46. The molecule has 208 valence electrons. The van der Waals surface area contributed by atoms with Gasteiger partial charge < -0.3 is 14.8 Å². The lowest BCUT2D eigenvalue weighted by Gasteiger charge is -2.31. The number of carbonyl (C=O) groups excluding carboxylic acids is 2. The molecule has 41 heavy (non-hydrogen) atoms. The number of anilines is 2. The number of hydrogen-bond acceptors (Lipinski definition) is 7. The number of para-hydroxylation sites is 1. The second-order valence-electron chi connectivity index (χ2n) is 9.92. The highest BCUT2D eigenvalue weighted by molar-refractivity contribution is 7.87. The van der Waals surface area contributed by atoms with Crippen molar-refractivity contribution in [2.24, 2.45) is 0 Å². The third-order valence-corrected chi connectivity index (χ3v) is 8.39. The number of amides is 1. The van der Waals surface area contributed by atoms with E-state index in [4.69, 9.17) is 4.18 Å². The van der Waals surface area contributed by atoms with Gasteiger partial charge in [0.2, 0.25) is 5.91 Å². The molecule has 0 fully saturated rings. The Balaban J connectivity index is 1.34. The molecule has 1 aliphatic carbocycles. The molecule has 1 atom stereocenters. The normalized spacial score (nSPS) is 16.4. The average Bonchev–Trinajstić information content (AvgIpc) is 3.28. The summed E-state index contributed by atoms with van der Waals surface area (Å²) in [7, 11) is -4.15. The van der Waals surface area contributed by atoms with Crippen LogP contribution in [0.1, 0.15) is 43.2 Å². The maximum absolute atomic E-state index is 13.7. The summed E-state index contributed by atoms with van der Waals surface area (Å²) in [6.45, 7) is 1.36. The van der Waals surface area contributed by atoms with Crippen LogP contribution in [0.15, 0.2) is 99.8 Å². The predicted molar refractivity (Wildman–Crippen MR) is 153 cm³/mol. The van der Waals surface area contributed by atoms with Gasteiger partial charge in [-0.15, -0.1) is 0 Å². The molecule has 2 heterocycles. The standard InChI is InChI=1S/C30H26N4O6S/c1-18(35)31-20-12-16-23(17-13-20)41(38,39)40-22-14-10-19(11-15-22)26-27-24(8-5-9-25(27)36)32-29-28(26)30(37)34(33-29)21-6-3-2-4-7-21/h2-4,6-7,10-17,26,32-33H,5,8-9H2,1H3,(H,31,35). The van der Waals surface area contributed by atoms with Crippen LogP contribution in [-0.4, -0.2) is 29.9 Å². The first-order valence-electron chi connectivity index (χ1n) is 13.1. The fourth-order valence-corrected chi connectivity index (χ4v) is 6.26. The minimum absolute atomic E-state index is 0.0214. The van der Waals surface area contributed by atoms with Crippen molar-refractivity contribution in [1.29, 1.82) is 0 Å². The molecule has 11 heteroatoms. The Bertz CT molecular complexity index is 1850. The van der Waals surface area contributed by atoms with Crippen molar-refractivity contribution in [3.63, 3.8) is 0 Å². The van der Waals surface area contributed by atoms with E-state index in [0.29, 0.717) is 53.2 Å². The Morgan fingerprint density at radius 2 is 1.66 bits per heavy atom. The molecule has 3 aromatic carbocycles. The summed E-state index contributed by atoms with van der Waals surface area (Å²) in [6.07, 6.45) is 1.78. The summed E-state index contributed by atoms with van der Waals surface area (Å²) in [5.74, 6) is -0.312. The number of rotatable bonds is 6. The van der Waals surface area contributed by atoms with Crippen LogP contribution in [0, 0.1) is 0 Å². The highest BCUT2D eigenvalue weighted by Gasteiger charge is 2.38. The summed E-state index contributed by atoms with van der Waals surface area (Å²) in [5, 5.41) is 9.03. The lowest BCUT2D eigenvalue weighted by molar-refractivity contribution is -0.116. The zero-order chi connectivity index (χ0) is 28.7. The number of carbonyl (C=O) groups is 2. The quantitative estimate of drug-likeness (QED) is 0.291. The molecule has 1 aliphatic heterocycles. The van der Waals surface area contributed by atoms with Gasteiger partial charge in [0.1, 0.15) is 16.5 Å². The Kier molecular flexibility index (Phi) is 6.58. The van der Waals surface area contributed by atoms with Crippen LogP contribution in [0.5, 0.6) is 5.75 Å². The molecule has 0 radical (unpaired) electrons. The van der Waals surface area contributed by atoms with Crippen LogP contribution in [0.2, 0.25) is 0 Å². The molecule has 10 nitrogen and oxygen atoms in total. The lowest BCUT2D eigenvalue weighted by Crippen LogP contribution is -2.29. The van der Waals surface area contributed by atoms with Crippen LogP contribution in [0.4, 0.5) is 11.5 Å². The summed E-state index contributed by atoms with van der Waals surface area (Å²) >= 11 is 0. The molecule has 4 aromatic rings. The number of nitrogens with one attached hydrogen (secondary N) is 3. The van der Waals surface area contributed by atoms with Crippen LogP contribution in [0.25, 0.3) is 5.69 Å². The van der Waals surface area contributed by atoms with Gasteiger partial charge in [0, 0.05) is 36.2 Å². The second kappa shape index (κ2) is 10.3. The molecular formula is C30H26N4O6S. The van der Waals surface area contributed by atoms with Gasteiger partial charge in [-0.25, -0.2) is 4.68 Å². The van der Waals surface area contributed by atoms with Crippen LogP contribution in [0.3, 0.4) is 0 Å². The van der Waals surface area contributed by atoms with Gasteiger partial charge in [-0.2, -0.15) is 8.42 Å². The van der Waals surface area contributed by atoms with Crippen molar-refractivity contribution in [3.05, 3.63) is 112 Å². The Morgan fingerprint density at radius 1 is 0.951 bits per heavy atom. The smallest absolute Gasteiger partial charge is 0.339 e. The molecule has 0 bridgehead atoms. The number of benzene rings is 3. The second-order valence-corrected chi connectivity index (χ2v) is 11.5. The first kappa shape index (κ1) is 26.3. The number of ketones is 1. The van der Waals surface area contributed by atoms with E-state index in [9.17, 15) is 22.8 Å². The number of fused-ring (bicyclic) bond motifs is 1. The third kappa shape index (κ3) is 4.95. The van der Waals surface area contributed by atoms with Crippen LogP contribution >= 0.6 is 0 Å². The Morgan fingerprint density at radius 3 is 2.34 bits per heavy atom. The number of aromatic nitrogens is 2. The van der Waals surface area contributed by atoms with Gasteiger partial charge in [-0.3, -0.25) is 19.5 Å². The maximum Gasteiger partial charge on any atom is 0.339 e. The fourth-order valence-electron chi connectivity index (χ4n) is 5.33. The minimum Gasteiger partial charge on any atom is -0.379 e. The fraction of sp³-hybridized carbons (Fsp3) is 0.167. The minimum atomic E-state index is -4.15. The van der Waals surface area contributed by atoms with Crippen molar-refractivity contribution >= 4 is 33.3 Å². The molecule has 0 spiro atoms. The van der Waals surface area contributed by atoms with E-state index in [-0.39, 0.29) is 27.9 Å². The first-order chi connectivity index (χ1) is 19.7. The monoisotopic (exact) mass is 570 g/mol. The Hall–Kier alpha value is -4.90. The number of aromatic amines is 1. The van der Waals surface area contributed by atoms with Crippen molar-refractivity contribution < 1.29 is 22.2 Å². The highest BCUT2D eigenvalue weighted by atomic mass is 32.2. The lowest BCUT2D eigenvalue weighted by atomic mass is 9.77. The SMILES string of the molecule is CC(=O)Nc1ccc(S(=O)(=O)Oc2ccc(C3C4=C(CCCC4=O)Nc4[nH]n(-c5ccccc5)c(=O)c43)cc2)cc1. The molecular weight excluding hydrogens is 544 g/mol. The van der Waals surface area contributed by atoms with Crippen LogP contribution in [-0.2, 0) is 19.7 Å². The Labute approximate surface area is 235 Å². The van der Waals surface area contributed by atoms with Gasteiger partial charge >= 0.3 is 10.1 Å². The number of Topliss-reactive ketones (excluding diaryl/α,β-unsaturated/α-hetero) is 1. The van der Waals surface area contributed by atoms with E-state index in [1.54, 1.807) is 12.1 Å². The van der Waals surface area contributed by atoms with Crippen molar-refractivity contribution in [1.82, 2.24) is 9.78 Å². The maximum atomic E-state index is 13.7. The van der Waals surface area contributed by atoms with E-state index in [2.05, 4.69) is 15.7 Å². The molecule has 3 N–H and O–H groups in total. The van der Waals surface area contributed by atoms with E-state index >= 15 is 0 Å². The van der Waals surface area contributed by atoms with Gasteiger partial charge in [0.25, 0.3) is 5.56 Å². The van der Waals surface area contributed by atoms with E-state index in [0.717, 1.165) is 5.70 Å². The van der Waals surface area contributed by atoms with Crippen molar-refractivity contribution in [3.8, 4) is 11.4 Å². The van der Waals surface area contributed by atoms with Gasteiger partial charge in [0.15, 0.2) is 5.78 Å². The molecule has 2 aliphatic rings. The van der Waals surface area contributed by atoms with Crippen molar-refractivity contribution in [2.45, 2.75) is 37.0 Å². The summed E-state index contributed by atoms with van der Waals surface area (Å²) in [4.78, 5) is 38.0. The highest BCUT2D eigenvalue weighted by Crippen LogP contribution is 2.44. The summed E-state index contributed by atoms with van der Waals surface area (Å²) < 4.78 is 32.6. The zero-order valence-electron chi connectivity index (χ0n) is 22.0. The van der Waals surface area contributed by atoms with Crippen LogP contribution < -0.4 is 20.4 Å². The van der Waals surface area contributed by atoms with E-state index in [1.165, 1.54) is 48.0 Å². The number of nitrogens with zero attached hydrogens (tertiary/aromatic N) is 1.